The van der Waals surface area contributed by atoms with Crippen molar-refractivity contribution < 1.29 is 19.4 Å². The molecular weight excluding hydrogens is 280 g/mol. The second-order valence-corrected chi connectivity index (χ2v) is 5.54. The molecule has 1 aromatic rings. The summed E-state index contributed by atoms with van der Waals surface area (Å²) in [7, 11) is 1.58. The average Bonchev–Trinajstić information content (AvgIpc) is 2.94. The molecule has 1 aliphatic heterocycles. The summed E-state index contributed by atoms with van der Waals surface area (Å²) in [6, 6.07) is 1.75. The molecule has 0 bridgehead atoms. The Morgan fingerprint density at radius 1 is 1.35 bits per heavy atom. The molecule has 1 amide bonds. The van der Waals surface area contributed by atoms with Crippen molar-refractivity contribution >= 4 is 23.2 Å². The van der Waals surface area contributed by atoms with Crippen LogP contribution in [-0.2, 0) is 4.79 Å². The van der Waals surface area contributed by atoms with E-state index in [0.717, 1.165) is 13.1 Å². The number of hydrogen-bond acceptors (Lipinski definition) is 5. The second kappa shape index (κ2) is 6.71. The first-order valence-corrected chi connectivity index (χ1v) is 7.34. The molecule has 0 atom stereocenters. The summed E-state index contributed by atoms with van der Waals surface area (Å²) in [6.45, 7) is 3.27. The molecule has 0 unspecified atom stereocenters. The number of aliphatic carboxylic acids is 1. The Bertz CT molecular complexity index is 480. The fourth-order valence-corrected chi connectivity index (χ4v) is 2.94. The van der Waals surface area contributed by atoms with Crippen molar-refractivity contribution in [3.63, 3.8) is 0 Å². The highest BCUT2D eigenvalue weighted by atomic mass is 32.1. The number of nitrogens with zero attached hydrogens (tertiary/aromatic N) is 2. The Hall–Kier alpha value is -1.60. The van der Waals surface area contributed by atoms with Gasteiger partial charge in [-0.15, -0.1) is 11.3 Å². The zero-order valence-electron chi connectivity index (χ0n) is 11.4. The molecule has 110 valence electrons. The molecule has 6 nitrogen and oxygen atoms in total. The SMILES string of the molecule is COc1csc(C(=O)N2CCN(CCC(=O)O)CC2)c1. The number of carbonyl (C=O) groups is 2. The normalized spacial score (nSPS) is 16.1. The van der Waals surface area contributed by atoms with E-state index in [-0.39, 0.29) is 12.3 Å². The van der Waals surface area contributed by atoms with E-state index in [1.807, 2.05) is 10.3 Å². The lowest BCUT2D eigenvalue weighted by atomic mass is 10.2. The number of carboxylic acids is 1. The predicted molar refractivity (Wildman–Crippen MR) is 75.5 cm³/mol. The van der Waals surface area contributed by atoms with Crippen molar-refractivity contribution in [1.29, 1.82) is 0 Å². The molecule has 0 radical (unpaired) electrons. The van der Waals surface area contributed by atoms with Crippen LogP contribution in [0.4, 0.5) is 0 Å². The van der Waals surface area contributed by atoms with Crippen LogP contribution in [-0.4, -0.2) is 66.6 Å². The highest BCUT2D eigenvalue weighted by Crippen LogP contribution is 2.23. The van der Waals surface area contributed by atoms with E-state index in [1.54, 1.807) is 13.2 Å². The van der Waals surface area contributed by atoms with Gasteiger partial charge >= 0.3 is 5.97 Å². The van der Waals surface area contributed by atoms with Crippen molar-refractivity contribution in [2.24, 2.45) is 0 Å². The zero-order valence-corrected chi connectivity index (χ0v) is 12.2. The van der Waals surface area contributed by atoms with E-state index in [4.69, 9.17) is 9.84 Å². The maximum atomic E-state index is 12.3. The van der Waals surface area contributed by atoms with Crippen molar-refractivity contribution in [3.8, 4) is 5.75 Å². The van der Waals surface area contributed by atoms with Gasteiger partial charge in [-0.1, -0.05) is 0 Å². The maximum Gasteiger partial charge on any atom is 0.304 e. The molecule has 1 saturated heterocycles. The number of ether oxygens (including phenoxy) is 1. The van der Waals surface area contributed by atoms with Crippen LogP contribution in [0.5, 0.6) is 5.75 Å². The fraction of sp³-hybridized carbons (Fsp3) is 0.538. The van der Waals surface area contributed by atoms with Crippen molar-refractivity contribution in [2.45, 2.75) is 6.42 Å². The number of carboxylic acid groups (broad SMARTS) is 1. The minimum Gasteiger partial charge on any atom is -0.496 e. The topological polar surface area (TPSA) is 70.1 Å². The molecule has 1 aromatic heterocycles. The van der Waals surface area contributed by atoms with Crippen LogP contribution in [0.1, 0.15) is 16.1 Å². The summed E-state index contributed by atoms with van der Waals surface area (Å²) in [6.07, 6.45) is 0.149. The molecule has 20 heavy (non-hydrogen) atoms. The van der Waals surface area contributed by atoms with Gasteiger partial charge in [0.15, 0.2) is 0 Å². The van der Waals surface area contributed by atoms with E-state index >= 15 is 0 Å². The van der Waals surface area contributed by atoms with Crippen LogP contribution in [0, 0.1) is 0 Å². The lowest BCUT2D eigenvalue weighted by molar-refractivity contribution is -0.137. The van der Waals surface area contributed by atoms with Crippen LogP contribution >= 0.6 is 11.3 Å². The minimum atomic E-state index is -0.783. The van der Waals surface area contributed by atoms with Gasteiger partial charge in [0, 0.05) is 44.2 Å². The first kappa shape index (κ1) is 14.8. The fourth-order valence-electron chi connectivity index (χ4n) is 2.12. The first-order chi connectivity index (χ1) is 9.60. The third kappa shape index (κ3) is 3.71. The molecule has 1 N–H and O–H groups in total. The smallest absolute Gasteiger partial charge is 0.304 e. The summed E-state index contributed by atoms with van der Waals surface area (Å²) in [5.74, 6) is -0.0520. The van der Waals surface area contributed by atoms with Crippen molar-refractivity contribution in [3.05, 3.63) is 16.3 Å². The molecule has 2 heterocycles. The van der Waals surface area contributed by atoms with Gasteiger partial charge in [-0.2, -0.15) is 0 Å². The molecule has 0 saturated carbocycles. The number of piperazine rings is 1. The summed E-state index contributed by atoms with van der Waals surface area (Å²) in [4.78, 5) is 27.4. The largest absolute Gasteiger partial charge is 0.496 e. The Morgan fingerprint density at radius 3 is 2.60 bits per heavy atom. The second-order valence-electron chi connectivity index (χ2n) is 4.63. The highest BCUT2D eigenvalue weighted by Gasteiger charge is 2.23. The molecule has 0 aliphatic carbocycles. The van der Waals surface area contributed by atoms with Crippen molar-refractivity contribution in [1.82, 2.24) is 9.80 Å². The van der Waals surface area contributed by atoms with Crippen molar-refractivity contribution in [2.75, 3.05) is 39.8 Å². The molecule has 0 aromatic carbocycles. The number of carbonyl (C=O) groups excluding carboxylic acids is 1. The number of hydrogen-bond donors (Lipinski definition) is 1. The average molecular weight is 298 g/mol. The van der Waals surface area contributed by atoms with Crippen LogP contribution in [0.3, 0.4) is 0 Å². The van der Waals surface area contributed by atoms with Gasteiger partial charge in [-0.05, 0) is 0 Å². The van der Waals surface area contributed by atoms with E-state index in [0.29, 0.717) is 30.3 Å². The summed E-state index contributed by atoms with van der Waals surface area (Å²) >= 11 is 1.38. The quantitative estimate of drug-likeness (QED) is 0.878. The van der Waals surface area contributed by atoms with Gasteiger partial charge < -0.3 is 14.7 Å². The lowest BCUT2D eigenvalue weighted by Crippen LogP contribution is -2.48. The summed E-state index contributed by atoms with van der Waals surface area (Å²) < 4.78 is 5.08. The molecule has 0 spiro atoms. The van der Waals surface area contributed by atoms with E-state index in [9.17, 15) is 9.59 Å². The molecule has 7 heteroatoms. The van der Waals surface area contributed by atoms with Gasteiger partial charge in [-0.3, -0.25) is 14.5 Å². The maximum absolute atomic E-state index is 12.3. The number of methoxy groups -OCH3 is 1. The van der Waals surface area contributed by atoms with Crippen LogP contribution < -0.4 is 4.74 Å². The van der Waals surface area contributed by atoms with Gasteiger partial charge in [0.2, 0.25) is 0 Å². The van der Waals surface area contributed by atoms with E-state index in [2.05, 4.69) is 4.90 Å². The minimum absolute atomic E-state index is 0.0242. The summed E-state index contributed by atoms with van der Waals surface area (Å²) in [5.41, 5.74) is 0. The van der Waals surface area contributed by atoms with Crippen LogP contribution in [0.2, 0.25) is 0 Å². The van der Waals surface area contributed by atoms with E-state index in [1.165, 1.54) is 11.3 Å². The Labute approximate surface area is 121 Å². The van der Waals surface area contributed by atoms with Gasteiger partial charge in [0.05, 0.1) is 18.4 Å². The summed E-state index contributed by atoms with van der Waals surface area (Å²) in [5, 5.41) is 10.5. The lowest BCUT2D eigenvalue weighted by Gasteiger charge is -2.34. The number of thiophene rings is 1. The van der Waals surface area contributed by atoms with Crippen LogP contribution in [0.25, 0.3) is 0 Å². The number of amides is 1. The standard InChI is InChI=1S/C13H18N2O4S/c1-19-10-8-11(20-9-10)13(18)15-6-4-14(5-7-15)3-2-12(16)17/h8-9H,2-7H2,1H3,(H,16,17). The van der Waals surface area contributed by atoms with Gasteiger partial charge in [0.1, 0.15) is 5.75 Å². The molecule has 1 aliphatic rings. The monoisotopic (exact) mass is 298 g/mol. The Kier molecular flexibility index (Phi) is 4.97. The third-order valence-electron chi connectivity index (χ3n) is 3.32. The Morgan fingerprint density at radius 2 is 2.05 bits per heavy atom. The molecular formula is C13H18N2O4S. The molecule has 2 rings (SSSR count). The van der Waals surface area contributed by atoms with Crippen LogP contribution in [0.15, 0.2) is 11.4 Å². The third-order valence-corrected chi connectivity index (χ3v) is 4.22. The van der Waals surface area contributed by atoms with Gasteiger partial charge in [-0.25, -0.2) is 0 Å². The first-order valence-electron chi connectivity index (χ1n) is 6.46. The zero-order chi connectivity index (χ0) is 14.5. The Balaban J connectivity index is 1.84. The van der Waals surface area contributed by atoms with E-state index < -0.39 is 5.97 Å². The highest BCUT2D eigenvalue weighted by molar-refractivity contribution is 7.12. The number of rotatable bonds is 5. The predicted octanol–water partition coefficient (Wildman–Crippen LogP) is 0.989. The van der Waals surface area contributed by atoms with Gasteiger partial charge in [0.25, 0.3) is 5.91 Å². The molecule has 1 fully saturated rings.